The normalized spacial score (nSPS) is 22.1. The van der Waals surface area contributed by atoms with Gasteiger partial charge in [-0.05, 0) is 12.5 Å². The van der Waals surface area contributed by atoms with Crippen LogP contribution in [0, 0.1) is 5.82 Å². The molecule has 0 spiro atoms. The minimum Gasteiger partial charge on any atom is -0.353 e. The molecule has 1 saturated heterocycles. The van der Waals surface area contributed by atoms with Crippen LogP contribution in [0.5, 0.6) is 0 Å². The molecule has 104 valence electrons. The van der Waals surface area contributed by atoms with Crippen LogP contribution < -0.4 is 11.1 Å². The molecule has 3 N–H and O–H groups in total. The molecule has 1 amide bonds. The van der Waals surface area contributed by atoms with Gasteiger partial charge in [0.25, 0.3) is 0 Å². The molecule has 1 heterocycles. The molecule has 0 saturated carbocycles. The van der Waals surface area contributed by atoms with Crippen molar-refractivity contribution < 1.29 is 9.18 Å². The summed E-state index contributed by atoms with van der Waals surface area (Å²) in [6.45, 7) is 3.53. The van der Waals surface area contributed by atoms with Crippen LogP contribution in [0.2, 0.25) is 0 Å². The van der Waals surface area contributed by atoms with Gasteiger partial charge in [0.1, 0.15) is 5.82 Å². The van der Waals surface area contributed by atoms with E-state index < -0.39 is 0 Å². The number of nitrogens with one attached hydrogen (secondary N) is 1. The van der Waals surface area contributed by atoms with Crippen LogP contribution in [0.25, 0.3) is 0 Å². The van der Waals surface area contributed by atoms with E-state index in [4.69, 9.17) is 5.73 Å². The first kappa shape index (κ1) is 14.0. The average molecular weight is 265 g/mol. The number of piperazine rings is 1. The SMILES string of the molecule is CCC1C(=O)NCCN1C(CN)c1ccccc1F. The summed E-state index contributed by atoms with van der Waals surface area (Å²) in [7, 11) is 0. The van der Waals surface area contributed by atoms with E-state index in [9.17, 15) is 9.18 Å². The highest BCUT2D eigenvalue weighted by Crippen LogP contribution is 2.26. The van der Waals surface area contributed by atoms with Gasteiger partial charge in [0.15, 0.2) is 0 Å². The zero-order valence-electron chi connectivity index (χ0n) is 11.1. The van der Waals surface area contributed by atoms with Crippen molar-refractivity contribution in [2.45, 2.75) is 25.4 Å². The lowest BCUT2D eigenvalue weighted by Crippen LogP contribution is -2.57. The lowest BCUT2D eigenvalue weighted by Gasteiger charge is -2.40. The largest absolute Gasteiger partial charge is 0.353 e. The van der Waals surface area contributed by atoms with Crippen molar-refractivity contribution in [3.8, 4) is 0 Å². The highest BCUT2D eigenvalue weighted by atomic mass is 19.1. The zero-order chi connectivity index (χ0) is 13.8. The first-order valence-electron chi connectivity index (χ1n) is 6.67. The summed E-state index contributed by atoms with van der Waals surface area (Å²) in [5.74, 6) is -0.262. The summed E-state index contributed by atoms with van der Waals surface area (Å²) < 4.78 is 13.9. The number of amides is 1. The van der Waals surface area contributed by atoms with Crippen molar-refractivity contribution in [2.24, 2.45) is 5.73 Å². The van der Waals surface area contributed by atoms with Gasteiger partial charge in [-0.1, -0.05) is 25.1 Å². The van der Waals surface area contributed by atoms with Crippen LogP contribution in [-0.4, -0.2) is 36.5 Å². The van der Waals surface area contributed by atoms with Crippen molar-refractivity contribution in [1.29, 1.82) is 0 Å². The van der Waals surface area contributed by atoms with Crippen LogP contribution in [0.4, 0.5) is 4.39 Å². The molecule has 1 aliphatic heterocycles. The van der Waals surface area contributed by atoms with Crippen LogP contribution >= 0.6 is 0 Å². The smallest absolute Gasteiger partial charge is 0.237 e. The van der Waals surface area contributed by atoms with Gasteiger partial charge < -0.3 is 11.1 Å². The topological polar surface area (TPSA) is 58.4 Å². The zero-order valence-corrected chi connectivity index (χ0v) is 11.1. The predicted molar refractivity (Wildman–Crippen MR) is 72.0 cm³/mol. The number of hydrogen-bond acceptors (Lipinski definition) is 3. The highest BCUT2D eigenvalue weighted by Gasteiger charge is 2.34. The Labute approximate surface area is 112 Å². The first-order valence-corrected chi connectivity index (χ1v) is 6.67. The number of halogens is 1. The number of benzene rings is 1. The van der Waals surface area contributed by atoms with Crippen LogP contribution in [-0.2, 0) is 4.79 Å². The molecule has 1 aromatic rings. The molecule has 1 aromatic carbocycles. The summed E-state index contributed by atoms with van der Waals surface area (Å²) >= 11 is 0. The minimum atomic E-state index is -0.265. The Morgan fingerprint density at radius 3 is 2.89 bits per heavy atom. The van der Waals surface area contributed by atoms with E-state index in [1.54, 1.807) is 18.2 Å². The summed E-state index contributed by atoms with van der Waals surface area (Å²) in [4.78, 5) is 13.9. The monoisotopic (exact) mass is 265 g/mol. The minimum absolute atomic E-state index is 0.00328. The van der Waals surface area contributed by atoms with E-state index in [1.165, 1.54) is 6.07 Å². The Balaban J connectivity index is 2.30. The number of nitrogens with two attached hydrogens (primary N) is 1. The highest BCUT2D eigenvalue weighted by molar-refractivity contribution is 5.82. The van der Waals surface area contributed by atoms with E-state index in [0.717, 1.165) is 0 Å². The number of hydrogen-bond donors (Lipinski definition) is 2. The van der Waals surface area contributed by atoms with Gasteiger partial charge in [-0.3, -0.25) is 9.69 Å². The second kappa shape index (κ2) is 6.12. The van der Waals surface area contributed by atoms with Gasteiger partial charge in [-0.2, -0.15) is 0 Å². The fourth-order valence-electron chi connectivity index (χ4n) is 2.71. The molecular formula is C14H20FN3O. The molecule has 0 aromatic heterocycles. The molecule has 0 bridgehead atoms. The molecule has 1 aliphatic rings. The fraction of sp³-hybridized carbons (Fsp3) is 0.500. The molecule has 0 radical (unpaired) electrons. The van der Waals surface area contributed by atoms with Crippen LogP contribution in [0.3, 0.4) is 0 Å². The third kappa shape index (κ3) is 2.77. The number of rotatable bonds is 4. The standard InChI is InChI=1S/C14H20FN3O/c1-2-12-14(19)17-7-8-18(12)13(9-16)10-5-3-4-6-11(10)15/h3-6,12-13H,2,7-9,16H2,1H3,(H,17,19). The van der Waals surface area contributed by atoms with Crippen molar-refractivity contribution >= 4 is 5.91 Å². The lowest BCUT2D eigenvalue weighted by molar-refractivity contribution is -0.130. The molecule has 2 atom stereocenters. The number of nitrogens with zero attached hydrogens (tertiary/aromatic N) is 1. The van der Waals surface area contributed by atoms with Crippen molar-refractivity contribution in [2.75, 3.05) is 19.6 Å². The molecule has 19 heavy (non-hydrogen) atoms. The summed E-state index contributed by atoms with van der Waals surface area (Å²) in [5, 5.41) is 2.84. The first-order chi connectivity index (χ1) is 9.19. The van der Waals surface area contributed by atoms with Gasteiger partial charge in [0.2, 0.25) is 5.91 Å². The molecule has 1 fully saturated rings. The van der Waals surface area contributed by atoms with Crippen molar-refractivity contribution in [3.63, 3.8) is 0 Å². The Hall–Kier alpha value is -1.46. The molecular weight excluding hydrogens is 245 g/mol. The quantitative estimate of drug-likeness (QED) is 0.855. The van der Waals surface area contributed by atoms with Gasteiger partial charge in [-0.15, -0.1) is 0 Å². The van der Waals surface area contributed by atoms with E-state index in [2.05, 4.69) is 5.32 Å². The van der Waals surface area contributed by atoms with E-state index in [-0.39, 0.29) is 23.8 Å². The maximum absolute atomic E-state index is 13.9. The van der Waals surface area contributed by atoms with E-state index >= 15 is 0 Å². The van der Waals surface area contributed by atoms with Crippen molar-refractivity contribution in [3.05, 3.63) is 35.6 Å². The van der Waals surface area contributed by atoms with Crippen LogP contribution in [0.1, 0.15) is 24.9 Å². The third-order valence-electron chi connectivity index (χ3n) is 3.65. The lowest BCUT2D eigenvalue weighted by atomic mass is 10.00. The molecule has 2 unspecified atom stereocenters. The van der Waals surface area contributed by atoms with Gasteiger partial charge in [0.05, 0.1) is 12.1 Å². The Kier molecular flexibility index (Phi) is 4.50. The van der Waals surface area contributed by atoms with Gasteiger partial charge in [0, 0.05) is 25.2 Å². The summed E-state index contributed by atoms with van der Waals surface area (Å²) in [6, 6.07) is 6.15. The molecule has 2 rings (SSSR count). The van der Waals surface area contributed by atoms with Crippen LogP contribution in [0.15, 0.2) is 24.3 Å². The fourth-order valence-corrected chi connectivity index (χ4v) is 2.71. The Morgan fingerprint density at radius 2 is 2.26 bits per heavy atom. The Morgan fingerprint density at radius 1 is 1.53 bits per heavy atom. The maximum atomic E-state index is 13.9. The average Bonchev–Trinajstić information content (AvgIpc) is 2.42. The van der Waals surface area contributed by atoms with Crippen molar-refractivity contribution in [1.82, 2.24) is 10.2 Å². The molecule has 4 nitrogen and oxygen atoms in total. The van der Waals surface area contributed by atoms with E-state index in [0.29, 0.717) is 31.6 Å². The van der Waals surface area contributed by atoms with Gasteiger partial charge in [-0.25, -0.2) is 4.39 Å². The second-order valence-electron chi connectivity index (χ2n) is 4.73. The third-order valence-corrected chi connectivity index (χ3v) is 3.65. The molecule has 5 heteroatoms. The summed E-state index contributed by atoms with van der Waals surface area (Å²) in [6.07, 6.45) is 0.691. The van der Waals surface area contributed by atoms with E-state index in [1.807, 2.05) is 11.8 Å². The predicted octanol–water partition coefficient (Wildman–Crippen LogP) is 1.04. The number of carbonyl (C=O) groups excluding carboxylic acids is 1. The van der Waals surface area contributed by atoms with Gasteiger partial charge >= 0.3 is 0 Å². The maximum Gasteiger partial charge on any atom is 0.237 e. The summed E-state index contributed by atoms with van der Waals surface area (Å²) in [5.41, 5.74) is 6.39. The Bertz CT molecular complexity index is 452. The number of carbonyl (C=O) groups is 1. The molecule has 0 aliphatic carbocycles. The second-order valence-corrected chi connectivity index (χ2v) is 4.73.